The maximum atomic E-state index is 12.7. The number of aromatic nitrogens is 4. The average molecular weight is 458 g/mol. The molecule has 0 spiro atoms. The Morgan fingerprint density at radius 2 is 2.00 bits per heavy atom. The van der Waals surface area contributed by atoms with Gasteiger partial charge in [0.05, 0.1) is 0 Å². The van der Waals surface area contributed by atoms with Gasteiger partial charge in [-0.05, 0) is 49.6 Å². The van der Waals surface area contributed by atoms with Crippen LogP contribution in [0.1, 0.15) is 42.4 Å². The molecule has 32 heavy (non-hydrogen) atoms. The van der Waals surface area contributed by atoms with Gasteiger partial charge in [0.2, 0.25) is 5.82 Å². The number of nitrogens with one attached hydrogen (secondary N) is 3. The molecule has 3 rings (SSSR count). The predicted octanol–water partition coefficient (Wildman–Crippen LogP) is 4.31. The maximum Gasteiger partial charge on any atom is 0.324 e. The smallest absolute Gasteiger partial charge is 0.324 e. The highest BCUT2D eigenvalue weighted by atomic mass is 35.5. The lowest BCUT2D eigenvalue weighted by Crippen LogP contribution is -2.28. The van der Waals surface area contributed by atoms with E-state index in [-0.39, 0.29) is 11.7 Å². The molecule has 0 unspecified atom stereocenters. The summed E-state index contributed by atoms with van der Waals surface area (Å²) in [5.41, 5.74) is 1.49. The first-order valence-corrected chi connectivity index (χ1v) is 11.0. The van der Waals surface area contributed by atoms with Crippen LogP contribution in [-0.4, -0.2) is 37.8 Å². The third-order valence-electron chi connectivity index (χ3n) is 4.82. The van der Waals surface area contributed by atoms with Crippen molar-refractivity contribution < 1.29 is 9.59 Å². The number of unbranched alkanes of at least 4 members (excludes halogenated alkanes) is 1. The fourth-order valence-corrected chi connectivity index (χ4v) is 3.37. The molecule has 3 aromatic rings. The van der Waals surface area contributed by atoms with Crippen molar-refractivity contribution in [2.75, 3.05) is 17.2 Å². The van der Waals surface area contributed by atoms with Crippen LogP contribution < -0.4 is 16.0 Å². The number of aryl methyl sites for hydroxylation is 3. The van der Waals surface area contributed by atoms with E-state index < -0.39 is 6.03 Å². The van der Waals surface area contributed by atoms with Crippen molar-refractivity contribution in [2.45, 2.75) is 46.2 Å². The van der Waals surface area contributed by atoms with Crippen LogP contribution in [0.4, 0.5) is 16.3 Å². The molecular weight excluding hydrogens is 430 g/mol. The third-order valence-corrected chi connectivity index (χ3v) is 5.05. The molecule has 1 aromatic carbocycles. The number of benzene rings is 1. The summed E-state index contributed by atoms with van der Waals surface area (Å²) in [5.74, 6) is 0.311. The minimum atomic E-state index is -0.443. The number of rotatable bonds is 10. The molecule has 0 saturated heterocycles. The van der Waals surface area contributed by atoms with Gasteiger partial charge in [-0.3, -0.25) is 14.8 Å². The van der Waals surface area contributed by atoms with Gasteiger partial charge in [-0.2, -0.15) is 5.10 Å². The Labute approximate surface area is 192 Å². The van der Waals surface area contributed by atoms with Gasteiger partial charge in [-0.25, -0.2) is 9.78 Å². The lowest BCUT2D eigenvalue weighted by atomic mass is 10.2. The van der Waals surface area contributed by atoms with E-state index in [0.29, 0.717) is 36.2 Å². The van der Waals surface area contributed by atoms with Gasteiger partial charge in [0, 0.05) is 48.9 Å². The van der Waals surface area contributed by atoms with Crippen LogP contribution in [0.5, 0.6) is 0 Å². The second kappa shape index (κ2) is 11.3. The summed E-state index contributed by atoms with van der Waals surface area (Å²) >= 11 is 5.96. The van der Waals surface area contributed by atoms with Gasteiger partial charge in [-0.1, -0.05) is 24.9 Å². The third kappa shape index (κ3) is 6.58. The predicted molar refractivity (Wildman–Crippen MR) is 125 cm³/mol. The summed E-state index contributed by atoms with van der Waals surface area (Å²) in [6.07, 6.45) is 7.91. The Morgan fingerprint density at radius 1 is 1.16 bits per heavy atom. The highest BCUT2D eigenvalue weighted by Crippen LogP contribution is 2.20. The molecule has 0 bridgehead atoms. The van der Waals surface area contributed by atoms with Crippen molar-refractivity contribution in [3.63, 3.8) is 0 Å². The Balaban J connectivity index is 1.61. The van der Waals surface area contributed by atoms with E-state index in [4.69, 9.17) is 11.6 Å². The molecule has 0 atom stereocenters. The highest BCUT2D eigenvalue weighted by molar-refractivity contribution is 6.30. The van der Waals surface area contributed by atoms with E-state index in [1.165, 1.54) is 0 Å². The molecule has 170 valence electrons. The van der Waals surface area contributed by atoms with Crippen molar-refractivity contribution in [2.24, 2.45) is 0 Å². The second-order valence-electron chi connectivity index (χ2n) is 7.41. The minimum absolute atomic E-state index is 0.274. The molecule has 2 heterocycles. The fourth-order valence-electron chi connectivity index (χ4n) is 3.15. The van der Waals surface area contributed by atoms with Crippen LogP contribution in [0, 0.1) is 6.92 Å². The number of imidazole rings is 1. The van der Waals surface area contributed by atoms with E-state index in [2.05, 4.69) is 33.0 Å². The molecule has 0 aliphatic carbocycles. The van der Waals surface area contributed by atoms with E-state index in [1.54, 1.807) is 35.2 Å². The molecule has 0 saturated carbocycles. The van der Waals surface area contributed by atoms with Crippen LogP contribution in [-0.2, 0) is 13.1 Å². The van der Waals surface area contributed by atoms with Crippen LogP contribution in [0.15, 0.2) is 42.9 Å². The Bertz CT molecular complexity index is 1050. The van der Waals surface area contributed by atoms with Crippen molar-refractivity contribution in [1.29, 1.82) is 0 Å². The van der Waals surface area contributed by atoms with Gasteiger partial charge in [0.15, 0.2) is 5.82 Å². The van der Waals surface area contributed by atoms with E-state index >= 15 is 0 Å². The maximum absolute atomic E-state index is 12.7. The second-order valence-corrected chi connectivity index (χ2v) is 7.85. The first-order chi connectivity index (χ1) is 15.5. The molecule has 3 amide bonds. The number of amides is 3. The number of hydrogen-bond acceptors (Lipinski definition) is 4. The summed E-state index contributed by atoms with van der Waals surface area (Å²) in [7, 11) is 0. The van der Waals surface area contributed by atoms with Crippen molar-refractivity contribution >= 4 is 35.0 Å². The molecular formula is C22H28ClN7O2. The van der Waals surface area contributed by atoms with Crippen molar-refractivity contribution in [3.05, 3.63) is 59.3 Å². The Hall–Kier alpha value is -3.33. The normalized spacial score (nSPS) is 10.7. The van der Waals surface area contributed by atoms with Gasteiger partial charge in [-0.15, -0.1) is 0 Å². The zero-order chi connectivity index (χ0) is 22.9. The lowest BCUT2D eigenvalue weighted by Gasteiger charge is -2.08. The molecule has 0 aliphatic heterocycles. The zero-order valence-corrected chi connectivity index (χ0v) is 19.0. The van der Waals surface area contributed by atoms with Crippen LogP contribution in [0.3, 0.4) is 0 Å². The van der Waals surface area contributed by atoms with E-state index in [9.17, 15) is 9.59 Å². The SMILES string of the molecule is CCCCn1cc(NC(=O)Nc2ccc(Cl)cc2C)nc1C(=O)NCCCn1cccn1. The number of carbonyl (C=O) groups is 2. The highest BCUT2D eigenvalue weighted by Gasteiger charge is 2.17. The topological polar surface area (TPSA) is 106 Å². The van der Waals surface area contributed by atoms with Gasteiger partial charge in [0.1, 0.15) is 0 Å². The number of halogens is 1. The van der Waals surface area contributed by atoms with Crippen molar-refractivity contribution in [3.8, 4) is 0 Å². The van der Waals surface area contributed by atoms with E-state index in [1.807, 2.05) is 23.9 Å². The average Bonchev–Trinajstić information content (AvgIpc) is 3.41. The molecule has 10 heteroatoms. The van der Waals surface area contributed by atoms with Gasteiger partial charge in [0.25, 0.3) is 5.91 Å². The minimum Gasteiger partial charge on any atom is -0.349 e. The van der Waals surface area contributed by atoms with Crippen LogP contribution >= 0.6 is 11.6 Å². The summed E-state index contributed by atoms with van der Waals surface area (Å²) in [4.78, 5) is 29.5. The molecule has 0 fully saturated rings. The number of urea groups is 1. The van der Waals surface area contributed by atoms with Crippen LogP contribution in [0.25, 0.3) is 0 Å². The Kier molecular flexibility index (Phi) is 8.27. The number of carbonyl (C=O) groups excluding carboxylic acids is 2. The molecule has 0 radical (unpaired) electrons. The number of anilines is 2. The lowest BCUT2D eigenvalue weighted by molar-refractivity contribution is 0.0937. The molecule has 3 N–H and O–H groups in total. The molecule has 2 aromatic heterocycles. The summed E-state index contributed by atoms with van der Waals surface area (Å²) in [5, 5.41) is 13.1. The number of nitrogens with zero attached hydrogens (tertiary/aromatic N) is 4. The monoisotopic (exact) mass is 457 g/mol. The standard InChI is InChI=1S/C22H28ClN7O2/c1-3-4-11-29-15-19(28-22(32)26-18-8-7-17(23)14-16(18)2)27-20(29)21(31)24-9-5-12-30-13-6-10-25-30/h6-8,10,13-15H,3-5,9,11-12H2,1-2H3,(H,24,31)(H2,26,28,32). The molecule has 9 nitrogen and oxygen atoms in total. The zero-order valence-electron chi connectivity index (χ0n) is 18.3. The first kappa shape index (κ1) is 23.3. The summed E-state index contributed by atoms with van der Waals surface area (Å²) in [6, 6.07) is 6.63. The van der Waals surface area contributed by atoms with Gasteiger partial charge >= 0.3 is 6.03 Å². The van der Waals surface area contributed by atoms with Gasteiger partial charge < -0.3 is 15.2 Å². The van der Waals surface area contributed by atoms with E-state index in [0.717, 1.165) is 24.8 Å². The first-order valence-electron chi connectivity index (χ1n) is 10.6. The molecule has 0 aliphatic rings. The quantitative estimate of drug-likeness (QED) is 0.394. The Morgan fingerprint density at radius 3 is 2.72 bits per heavy atom. The summed E-state index contributed by atoms with van der Waals surface area (Å²) in [6.45, 7) is 5.79. The fraction of sp³-hybridized carbons (Fsp3) is 0.364. The van der Waals surface area contributed by atoms with Crippen LogP contribution in [0.2, 0.25) is 5.02 Å². The summed E-state index contributed by atoms with van der Waals surface area (Å²) < 4.78 is 3.59. The largest absolute Gasteiger partial charge is 0.349 e. The van der Waals surface area contributed by atoms with Crippen molar-refractivity contribution in [1.82, 2.24) is 24.6 Å². The number of hydrogen-bond donors (Lipinski definition) is 3.